The molecule has 1 atom stereocenters. The summed E-state index contributed by atoms with van der Waals surface area (Å²) >= 11 is 0. The van der Waals surface area contributed by atoms with Crippen LogP contribution in [-0.4, -0.2) is 4.98 Å². The van der Waals surface area contributed by atoms with Gasteiger partial charge in [0.15, 0.2) is 0 Å². The third kappa shape index (κ3) is 12.9. The Balaban J connectivity index is 0.000000393. The minimum absolute atomic E-state index is 0.393. The topological polar surface area (TPSA) is 15.8 Å². The van der Waals surface area contributed by atoms with Gasteiger partial charge in [-0.25, -0.2) is 0 Å². The summed E-state index contributed by atoms with van der Waals surface area (Å²) in [6.07, 6.45) is 29.7. The van der Waals surface area contributed by atoms with Crippen molar-refractivity contribution in [1.29, 1.82) is 0 Å². The molecule has 0 saturated carbocycles. The predicted octanol–water partition coefficient (Wildman–Crippen LogP) is 18.2. The molecule has 2 aliphatic rings. The summed E-state index contributed by atoms with van der Waals surface area (Å²) in [7, 11) is 0. The van der Waals surface area contributed by atoms with E-state index in [2.05, 4.69) is 185 Å². The molecule has 7 rings (SSSR count). The number of hydrogen-bond donors (Lipinski definition) is 1. The summed E-state index contributed by atoms with van der Waals surface area (Å²) in [4.78, 5) is 3.33. The van der Waals surface area contributed by atoms with E-state index in [0.29, 0.717) is 0 Å². The molecule has 0 saturated heterocycles. The smallest absolute Gasteiger partial charge is 0.0501 e. The number of allylic oxidation sites excluding steroid dienone is 19. The van der Waals surface area contributed by atoms with Gasteiger partial charge in [-0.3, -0.25) is 0 Å². The lowest BCUT2D eigenvalue weighted by atomic mass is 9.66. The number of fused-ring (bicyclic) bond motifs is 5. The lowest BCUT2D eigenvalue weighted by Crippen LogP contribution is -2.28. The molecule has 0 radical (unpaired) electrons. The highest BCUT2D eigenvalue weighted by molar-refractivity contribution is 5.88. The van der Waals surface area contributed by atoms with Crippen LogP contribution in [0.5, 0.6) is 0 Å². The zero-order valence-electron chi connectivity index (χ0n) is 39.5. The molecule has 1 heteroatoms. The van der Waals surface area contributed by atoms with Crippen molar-refractivity contribution in [3.63, 3.8) is 0 Å². The highest BCUT2D eigenvalue weighted by Crippen LogP contribution is 2.55. The Hall–Kier alpha value is -6.70. The van der Waals surface area contributed by atoms with Gasteiger partial charge in [0.1, 0.15) is 0 Å². The molecule has 0 amide bonds. The Bertz CT molecular complexity index is 2500. The minimum Gasteiger partial charge on any atom is -0.358 e. The molecule has 0 bridgehead atoms. The average Bonchev–Trinajstić information content (AvgIpc) is 3.86. The molecule has 0 aliphatic heterocycles. The van der Waals surface area contributed by atoms with Gasteiger partial charge in [-0.1, -0.05) is 230 Å². The van der Waals surface area contributed by atoms with Crippen molar-refractivity contribution in [2.45, 2.75) is 80.1 Å². The quantitative estimate of drug-likeness (QED) is 0.107. The number of nitrogens with one attached hydrogen (secondary N) is 1. The minimum atomic E-state index is -0.393. The first kappa shape index (κ1) is 50.7. The maximum atomic E-state index is 4.60. The van der Waals surface area contributed by atoms with Crippen molar-refractivity contribution in [2.75, 3.05) is 0 Å². The molecule has 63 heavy (non-hydrogen) atoms. The SMILES string of the molecule is C=C(C)/C=C\C.C=CCc1cc2ccccc2[nH]1.C=C\C=C/C=C(CC)/C1=C/CC2(C(/C=C\C=C)=C(C)c3ccccc32)c2cc(-c3ccccc3)ccc2C(=C)/C=C\1.CC.CC. The summed E-state index contributed by atoms with van der Waals surface area (Å²) in [5.41, 5.74) is 16.8. The van der Waals surface area contributed by atoms with Crippen molar-refractivity contribution in [2.24, 2.45) is 0 Å². The van der Waals surface area contributed by atoms with Gasteiger partial charge in [-0.2, -0.15) is 0 Å². The molecule has 1 unspecified atom stereocenters. The first-order valence-corrected chi connectivity index (χ1v) is 22.5. The van der Waals surface area contributed by atoms with Crippen LogP contribution in [0.25, 0.3) is 33.2 Å². The van der Waals surface area contributed by atoms with Crippen molar-refractivity contribution in [3.05, 3.63) is 265 Å². The number of para-hydroxylation sites is 1. The van der Waals surface area contributed by atoms with Gasteiger partial charge in [0, 0.05) is 17.6 Å². The van der Waals surface area contributed by atoms with E-state index in [1.54, 1.807) is 0 Å². The fourth-order valence-electron chi connectivity index (χ4n) is 8.03. The van der Waals surface area contributed by atoms with Crippen LogP contribution in [0.2, 0.25) is 0 Å². The summed E-state index contributed by atoms with van der Waals surface area (Å²) in [6.45, 7) is 36.2. The molecule has 5 aromatic rings. The first-order chi connectivity index (χ1) is 30.7. The van der Waals surface area contributed by atoms with E-state index >= 15 is 0 Å². The molecule has 324 valence electrons. The number of aromatic amines is 1. The van der Waals surface area contributed by atoms with Gasteiger partial charge in [0.25, 0.3) is 0 Å². The highest BCUT2D eigenvalue weighted by atomic mass is 14.7. The van der Waals surface area contributed by atoms with E-state index in [1.165, 1.54) is 72.3 Å². The second kappa shape index (κ2) is 26.6. The van der Waals surface area contributed by atoms with Gasteiger partial charge in [-0.05, 0) is 118 Å². The van der Waals surface area contributed by atoms with E-state index in [1.807, 2.05) is 90.1 Å². The second-order valence-corrected chi connectivity index (χ2v) is 14.8. The molecule has 0 fully saturated rings. The Kier molecular flexibility index (Phi) is 21.4. The number of aromatic nitrogens is 1. The Morgan fingerprint density at radius 2 is 1.43 bits per heavy atom. The van der Waals surface area contributed by atoms with Crippen molar-refractivity contribution >= 4 is 22.0 Å². The molecule has 2 aliphatic carbocycles. The van der Waals surface area contributed by atoms with Crippen LogP contribution in [-0.2, 0) is 11.8 Å². The monoisotopic (exact) mass is 830 g/mol. The molecule has 1 nitrogen and oxygen atoms in total. The summed E-state index contributed by atoms with van der Waals surface area (Å²) in [5.74, 6) is 0. The van der Waals surface area contributed by atoms with E-state index in [0.717, 1.165) is 30.4 Å². The third-order valence-electron chi connectivity index (χ3n) is 10.8. The van der Waals surface area contributed by atoms with Crippen LogP contribution in [0.4, 0.5) is 0 Å². The summed E-state index contributed by atoms with van der Waals surface area (Å²) < 4.78 is 0. The molecule has 4 aromatic carbocycles. The predicted molar refractivity (Wildman–Crippen MR) is 284 cm³/mol. The van der Waals surface area contributed by atoms with Crippen molar-refractivity contribution in [1.82, 2.24) is 4.98 Å². The standard InChI is InChI=1S/C41H38.C11H11N.C6H10.2C2H6/c1-6-9-12-17-32(8-3)34-24-23-30(4)36-26-25-35(33-18-13-11-14-19-33)29-40(36)41(28-27-34)38(21-10-7-2)31(5)37-20-15-16-22-39(37)41;1-2-5-10-8-9-6-3-4-7-11(9)12-10;1-4-5-6(2)3;2*1-2/h6-7,9-27,29H,1-2,4,8,28H2,3,5H3;2-4,6-8,12H,1,5H2;4-5H,2H2,1,3H3;2*1-2H3/b12-9-,21-10-,24-23-,32-17+,34-27+;;5-4-;;. The van der Waals surface area contributed by atoms with Crippen LogP contribution in [0.15, 0.2) is 237 Å². The molecule has 1 N–H and O–H groups in total. The fraction of sp³-hybridized carbons (Fsp3) is 0.194. The Morgan fingerprint density at radius 1 is 0.746 bits per heavy atom. The maximum Gasteiger partial charge on any atom is 0.0501 e. The van der Waals surface area contributed by atoms with Crippen LogP contribution < -0.4 is 0 Å². The number of hydrogen-bond acceptors (Lipinski definition) is 0. The largest absolute Gasteiger partial charge is 0.358 e. The highest BCUT2D eigenvalue weighted by Gasteiger charge is 2.45. The second-order valence-electron chi connectivity index (χ2n) is 14.8. The number of rotatable bonds is 10. The Labute approximate surface area is 381 Å². The van der Waals surface area contributed by atoms with E-state index < -0.39 is 5.41 Å². The molecular weight excluding hydrogens is 759 g/mol. The normalized spacial score (nSPS) is 16.6. The summed E-state index contributed by atoms with van der Waals surface area (Å²) in [5, 5.41) is 1.27. The first-order valence-electron chi connectivity index (χ1n) is 22.5. The zero-order chi connectivity index (χ0) is 46.2. The summed E-state index contributed by atoms with van der Waals surface area (Å²) in [6, 6.07) is 36.9. The lowest BCUT2D eigenvalue weighted by molar-refractivity contribution is 0.636. The average molecular weight is 830 g/mol. The van der Waals surface area contributed by atoms with Crippen LogP contribution in [0.1, 0.15) is 96.2 Å². The van der Waals surface area contributed by atoms with E-state index in [4.69, 9.17) is 0 Å². The van der Waals surface area contributed by atoms with E-state index in [9.17, 15) is 0 Å². The molecule has 1 heterocycles. The van der Waals surface area contributed by atoms with E-state index in [-0.39, 0.29) is 0 Å². The lowest BCUT2D eigenvalue weighted by Gasteiger charge is -2.35. The van der Waals surface area contributed by atoms with Crippen molar-refractivity contribution in [3.8, 4) is 11.1 Å². The van der Waals surface area contributed by atoms with Crippen LogP contribution in [0, 0.1) is 0 Å². The van der Waals surface area contributed by atoms with Crippen LogP contribution in [0.3, 0.4) is 0 Å². The zero-order valence-corrected chi connectivity index (χ0v) is 39.5. The molecular formula is C62H71N. The number of benzene rings is 4. The van der Waals surface area contributed by atoms with Gasteiger partial charge < -0.3 is 4.98 Å². The van der Waals surface area contributed by atoms with Gasteiger partial charge in [-0.15, -0.1) is 6.58 Å². The van der Waals surface area contributed by atoms with Crippen LogP contribution >= 0.6 is 0 Å². The molecule has 1 spiro atoms. The number of H-pyrrole nitrogens is 1. The maximum absolute atomic E-state index is 4.60. The Morgan fingerprint density at radius 3 is 2.06 bits per heavy atom. The van der Waals surface area contributed by atoms with Gasteiger partial charge >= 0.3 is 0 Å². The fourth-order valence-corrected chi connectivity index (χ4v) is 8.03. The van der Waals surface area contributed by atoms with Gasteiger partial charge in [0.05, 0.1) is 5.41 Å². The molecule has 1 aromatic heterocycles. The van der Waals surface area contributed by atoms with Gasteiger partial charge in [0.2, 0.25) is 0 Å². The van der Waals surface area contributed by atoms with Crippen molar-refractivity contribution < 1.29 is 0 Å². The third-order valence-corrected chi connectivity index (χ3v) is 10.8.